The molecule has 4 aliphatic heterocycles. The number of hydrogen-bond acceptors (Lipinski definition) is 23. The molecule has 4 rings (SSSR count). The van der Waals surface area contributed by atoms with Crippen molar-refractivity contribution in [2.75, 3.05) is 46.2 Å². The lowest BCUT2D eigenvalue weighted by Gasteiger charge is -2.47. The number of unbranched alkanes of at least 4 members (excludes halogenated alkanes) is 14. The molecule has 11 unspecified atom stereocenters. The molecule has 4 heterocycles. The minimum absolute atomic E-state index is 0.0295. The molecule has 446 valence electrons. The van der Waals surface area contributed by atoms with Crippen LogP contribution in [0.4, 0.5) is 0 Å². The van der Waals surface area contributed by atoms with E-state index in [1.807, 2.05) is 0 Å². The third-order valence-electron chi connectivity index (χ3n) is 15.1. The largest absolute Gasteiger partial charge is 0.394 e. The predicted octanol–water partition coefficient (Wildman–Crippen LogP) is -1.19. The highest BCUT2D eigenvalue weighted by molar-refractivity contribution is 5.78. The number of aliphatic hydroxyl groups excluding tert-OH is 13. The molecule has 4 saturated heterocycles. The van der Waals surface area contributed by atoms with E-state index in [0.717, 1.165) is 77.0 Å². The summed E-state index contributed by atoms with van der Waals surface area (Å²) >= 11 is 0. The summed E-state index contributed by atoms with van der Waals surface area (Å²) in [6.45, 7) is 0.0402. The Morgan fingerprint density at radius 3 is 1.41 bits per heavy atom. The molecule has 0 aromatic rings. The van der Waals surface area contributed by atoms with E-state index in [0.29, 0.717) is 12.8 Å². The number of carbonyl (C=O) groups excluding carboxylic acids is 2. The summed E-state index contributed by atoms with van der Waals surface area (Å²) in [4.78, 5) is 27.2. The molecule has 0 spiro atoms. The van der Waals surface area contributed by atoms with Crippen molar-refractivity contribution < 1.29 is 114 Å². The number of ether oxygens (including phenoxy) is 8. The second kappa shape index (κ2) is 35.2. The molecule has 0 aromatic heterocycles. The first-order valence-corrected chi connectivity index (χ1v) is 28.0. The van der Waals surface area contributed by atoms with E-state index in [9.17, 15) is 76.0 Å². The average molecular weight is 1100 g/mol. The molecule has 0 radical (unpaired) electrons. The first-order valence-electron chi connectivity index (χ1n) is 28.0. The molecule has 0 saturated carbocycles. The number of hydrogen-bond donors (Lipinski definition) is 14. The molecule has 1 amide bonds. The Morgan fingerprint density at radius 1 is 0.474 bits per heavy atom. The van der Waals surface area contributed by atoms with Crippen molar-refractivity contribution in [3.63, 3.8) is 0 Å². The lowest BCUT2D eigenvalue weighted by molar-refractivity contribution is -0.362. The van der Waals surface area contributed by atoms with E-state index in [4.69, 9.17) is 37.9 Å². The molecule has 76 heavy (non-hydrogen) atoms. The molecule has 14 N–H and O–H groups in total. The maximum atomic E-state index is 13.7. The number of rotatable bonds is 37. The highest BCUT2D eigenvalue weighted by atomic mass is 16.8. The summed E-state index contributed by atoms with van der Waals surface area (Å²) in [6.07, 6.45) is -14.7. The van der Waals surface area contributed by atoms with E-state index >= 15 is 0 Å². The van der Waals surface area contributed by atoms with E-state index in [-0.39, 0.29) is 50.3 Å². The van der Waals surface area contributed by atoms with Crippen molar-refractivity contribution in [3.05, 3.63) is 0 Å². The van der Waals surface area contributed by atoms with Crippen LogP contribution in [0.1, 0.15) is 149 Å². The zero-order valence-electron chi connectivity index (χ0n) is 44.7. The fourth-order valence-corrected chi connectivity index (χ4v) is 10.1. The first-order chi connectivity index (χ1) is 36.5. The van der Waals surface area contributed by atoms with Gasteiger partial charge in [-0.15, -0.1) is 0 Å². The standard InChI is InChI=1S/C52H95NO23/c1-3-5-7-9-11-13-15-17-19-31(58)21-22-52(28-53-37(60)20-18-16-14-12-10-8-6-4-2,29-69-49-45(67)42(64)47(35(26-56)73-49)75-38-23-32(59)39(61)33(24-54)71-38)30-70-50-46(68)43(65)48(36(27-57)74-50)76-51-44(66)41(63)40(62)34(25-55)72-51/h32-36,38-51,54-57,59,61-68H,3-30H2,1-2H3,(H,53,60)/t32?,33?,34?,35?,36?,38-,39+,40-,41?,42?,43?,44+,45+,46+,47-,48-,49-,50?,51?,52?/m0/s1. The maximum Gasteiger partial charge on any atom is 0.220 e. The van der Waals surface area contributed by atoms with Gasteiger partial charge in [-0.3, -0.25) is 9.59 Å². The first kappa shape index (κ1) is 66.8. The molecule has 0 aromatic carbocycles. The lowest BCUT2D eigenvalue weighted by atomic mass is 9.83. The Bertz CT molecular complexity index is 1550. The van der Waals surface area contributed by atoms with Gasteiger partial charge in [-0.1, -0.05) is 104 Å². The molecule has 4 fully saturated rings. The molecular weight excluding hydrogens is 1010 g/mol. The van der Waals surface area contributed by atoms with Crippen LogP contribution in [0.5, 0.6) is 0 Å². The second-order valence-electron chi connectivity index (χ2n) is 21.3. The van der Waals surface area contributed by atoms with Gasteiger partial charge in [0.2, 0.25) is 5.91 Å². The van der Waals surface area contributed by atoms with E-state index in [1.165, 1.54) is 12.8 Å². The second-order valence-corrected chi connectivity index (χ2v) is 21.3. The molecule has 20 atom stereocenters. The van der Waals surface area contributed by atoms with Gasteiger partial charge in [-0.05, 0) is 19.3 Å². The lowest BCUT2D eigenvalue weighted by Crippen LogP contribution is -2.65. The fourth-order valence-electron chi connectivity index (χ4n) is 10.1. The van der Waals surface area contributed by atoms with Gasteiger partial charge < -0.3 is 110 Å². The Kier molecular flexibility index (Phi) is 31.0. The van der Waals surface area contributed by atoms with Gasteiger partial charge >= 0.3 is 0 Å². The Hall–Kier alpha value is -1.70. The summed E-state index contributed by atoms with van der Waals surface area (Å²) in [5, 5.41) is 141. The topological polar surface area (TPSA) is 383 Å². The third-order valence-corrected chi connectivity index (χ3v) is 15.1. The van der Waals surface area contributed by atoms with Crippen molar-refractivity contribution in [2.45, 2.75) is 265 Å². The molecule has 4 aliphatic rings. The average Bonchev–Trinajstić information content (AvgIpc) is 3.41. The van der Waals surface area contributed by atoms with Gasteiger partial charge in [-0.2, -0.15) is 0 Å². The van der Waals surface area contributed by atoms with Gasteiger partial charge in [-0.25, -0.2) is 0 Å². The van der Waals surface area contributed by atoms with Gasteiger partial charge in [0, 0.05) is 37.6 Å². The minimum Gasteiger partial charge on any atom is -0.394 e. The minimum atomic E-state index is -1.94. The molecule has 24 heteroatoms. The van der Waals surface area contributed by atoms with Crippen LogP contribution in [0, 0.1) is 5.41 Å². The molecule has 0 aliphatic carbocycles. The van der Waals surface area contributed by atoms with Crippen molar-refractivity contribution in [3.8, 4) is 0 Å². The van der Waals surface area contributed by atoms with Crippen LogP contribution in [-0.4, -0.2) is 241 Å². The van der Waals surface area contributed by atoms with Crippen molar-refractivity contribution in [1.82, 2.24) is 5.32 Å². The number of aliphatic hydroxyl groups is 13. The van der Waals surface area contributed by atoms with E-state index < -0.39 is 162 Å². The summed E-state index contributed by atoms with van der Waals surface area (Å²) in [5.41, 5.74) is -1.43. The third kappa shape index (κ3) is 20.4. The summed E-state index contributed by atoms with van der Waals surface area (Å²) < 4.78 is 46.9. The van der Waals surface area contributed by atoms with Crippen LogP contribution in [0.2, 0.25) is 0 Å². The highest BCUT2D eigenvalue weighted by Crippen LogP contribution is 2.35. The van der Waals surface area contributed by atoms with Crippen molar-refractivity contribution in [2.24, 2.45) is 5.41 Å². The Labute approximate surface area is 446 Å². The smallest absolute Gasteiger partial charge is 0.220 e. The number of nitrogens with one attached hydrogen (secondary N) is 1. The summed E-state index contributed by atoms with van der Waals surface area (Å²) in [5.74, 6) is -0.427. The van der Waals surface area contributed by atoms with Crippen molar-refractivity contribution in [1.29, 1.82) is 0 Å². The maximum absolute atomic E-state index is 13.7. The highest BCUT2D eigenvalue weighted by Gasteiger charge is 2.53. The fraction of sp³-hybridized carbons (Fsp3) is 0.962. The van der Waals surface area contributed by atoms with Crippen LogP contribution >= 0.6 is 0 Å². The van der Waals surface area contributed by atoms with E-state index in [2.05, 4.69) is 19.2 Å². The number of carbonyl (C=O) groups is 2. The number of amides is 1. The van der Waals surface area contributed by atoms with Gasteiger partial charge in [0.05, 0.1) is 45.7 Å². The Balaban J connectivity index is 1.57. The van der Waals surface area contributed by atoms with Crippen LogP contribution in [0.15, 0.2) is 0 Å². The normalized spacial score (nSPS) is 36.0. The van der Waals surface area contributed by atoms with Gasteiger partial charge in [0.1, 0.15) is 91.2 Å². The summed E-state index contributed by atoms with van der Waals surface area (Å²) in [6, 6.07) is 0. The monoisotopic (exact) mass is 1100 g/mol. The van der Waals surface area contributed by atoms with Crippen LogP contribution in [-0.2, 0) is 47.5 Å². The number of ketones is 1. The molecule has 24 nitrogen and oxygen atoms in total. The van der Waals surface area contributed by atoms with Crippen LogP contribution in [0.25, 0.3) is 0 Å². The van der Waals surface area contributed by atoms with Crippen LogP contribution in [0.3, 0.4) is 0 Å². The zero-order chi connectivity index (χ0) is 55.8. The predicted molar refractivity (Wildman–Crippen MR) is 267 cm³/mol. The van der Waals surface area contributed by atoms with E-state index in [1.54, 1.807) is 0 Å². The molecule has 0 bridgehead atoms. The Morgan fingerprint density at radius 2 is 0.908 bits per heavy atom. The number of Topliss-reactive ketones (excluding diaryl/α,β-unsaturated/α-hetero) is 1. The zero-order valence-corrected chi connectivity index (χ0v) is 44.7. The van der Waals surface area contributed by atoms with Gasteiger partial charge in [0.15, 0.2) is 25.2 Å². The van der Waals surface area contributed by atoms with Crippen LogP contribution < -0.4 is 5.32 Å². The SMILES string of the molecule is CCCCCCCCCCC(=O)CCC(CNC(=O)CCCCCCCCCC)(COC1OC(CO)[C@H](OC2OC(CO)[C@H](O)C(O)[C@H]2O)C(O)[C@H]1O)CO[C@H]1OC(CO)[C@H](O[C@H]2CC(O)[C@@H](O)C(CO)O2)C(O)[C@H]1O. The quantitative estimate of drug-likeness (QED) is 0.0325. The molecular formula is C52H95NO23. The summed E-state index contributed by atoms with van der Waals surface area (Å²) in [7, 11) is 0. The van der Waals surface area contributed by atoms with Gasteiger partial charge in [0.25, 0.3) is 0 Å². The van der Waals surface area contributed by atoms with Crippen molar-refractivity contribution >= 4 is 11.7 Å².